The van der Waals surface area contributed by atoms with E-state index in [1.54, 1.807) is 26.1 Å². The number of hydrogen-bond acceptors (Lipinski definition) is 7. The summed E-state index contributed by atoms with van der Waals surface area (Å²) in [7, 11) is 1.62. The van der Waals surface area contributed by atoms with Crippen LogP contribution in [0.15, 0.2) is 40.4 Å². The lowest BCUT2D eigenvalue weighted by Crippen LogP contribution is -2.71. The third-order valence-electron chi connectivity index (χ3n) is 10.3. The number of nitrogens with zero attached hydrogens (tertiary/aromatic N) is 1. The first-order valence-electron chi connectivity index (χ1n) is 13.6. The maximum atomic E-state index is 17.6. The number of thioether (sulfide) groups is 1. The Morgan fingerprint density at radius 3 is 2.65 bits per heavy atom. The second-order valence-corrected chi connectivity index (χ2v) is 13.3. The number of aliphatic hydroxyl groups excluding tert-OH is 1. The molecule has 1 heterocycles. The van der Waals surface area contributed by atoms with Crippen LogP contribution in [-0.4, -0.2) is 57.7 Å². The van der Waals surface area contributed by atoms with Gasteiger partial charge in [0.25, 0.3) is 0 Å². The van der Waals surface area contributed by atoms with Crippen molar-refractivity contribution in [2.45, 2.75) is 76.5 Å². The summed E-state index contributed by atoms with van der Waals surface area (Å²) in [6, 6.07) is 2.27. The second kappa shape index (κ2) is 10.3. The quantitative estimate of drug-likeness (QED) is 0.374. The minimum Gasteiger partial charge on any atom is -0.448 e. The SMILES string of the molecule is CC[C@@H]1C[C@H]2[C@@H]3C[C@H](F)C4=CC(=O)C=C[C@]4(C)[C@@]3(F)[C@@H](O)C[C@]2(C)[C@@]1(ON(C)Cc1ccc(Cl)o1)C(=O)SCF. The smallest absolute Gasteiger partial charge is 0.226 e. The van der Waals surface area contributed by atoms with Crippen molar-refractivity contribution in [3.63, 3.8) is 0 Å². The van der Waals surface area contributed by atoms with Crippen LogP contribution in [0, 0.1) is 28.6 Å². The second-order valence-electron chi connectivity index (χ2n) is 12.1. The van der Waals surface area contributed by atoms with Crippen LogP contribution >= 0.6 is 23.4 Å². The number of carbonyl (C=O) groups excluding carboxylic acids is 2. The number of fused-ring (bicyclic) bond motifs is 5. The number of allylic oxidation sites excluding steroid dienone is 4. The highest BCUT2D eigenvalue weighted by Gasteiger charge is 2.78. The summed E-state index contributed by atoms with van der Waals surface area (Å²) in [6.45, 7) is 5.33. The van der Waals surface area contributed by atoms with E-state index in [0.717, 1.165) is 6.08 Å². The van der Waals surface area contributed by atoms with E-state index < -0.39 is 69.0 Å². The molecule has 11 heteroatoms. The van der Waals surface area contributed by atoms with Crippen LogP contribution in [0.2, 0.25) is 5.22 Å². The minimum atomic E-state index is -2.29. The first kappa shape index (κ1) is 29.9. The van der Waals surface area contributed by atoms with E-state index in [2.05, 4.69) is 0 Å². The number of hydroxylamine groups is 2. The Balaban J connectivity index is 1.60. The number of aliphatic hydroxyl groups is 1. The van der Waals surface area contributed by atoms with Crippen molar-refractivity contribution in [3.05, 3.63) is 46.9 Å². The Kier molecular flexibility index (Phi) is 7.69. The molecule has 1 N–H and O–H groups in total. The van der Waals surface area contributed by atoms with Gasteiger partial charge in [-0.05, 0) is 85.9 Å². The summed E-state index contributed by atoms with van der Waals surface area (Å²) < 4.78 is 52.5. The lowest BCUT2D eigenvalue weighted by atomic mass is 9.44. The minimum absolute atomic E-state index is 0.0369. The molecule has 0 aliphatic heterocycles. The summed E-state index contributed by atoms with van der Waals surface area (Å²) in [5.41, 5.74) is -6.57. The van der Waals surface area contributed by atoms with Gasteiger partial charge >= 0.3 is 0 Å². The van der Waals surface area contributed by atoms with Gasteiger partial charge in [-0.15, -0.1) is 0 Å². The van der Waals surface area contributed by atoms with E-state index in [9.17, 15) is 19.1 Å². The maximum Gasteiger partial charge on any atom is 0.226 e. The topological polar surface area (TPSA) is 80.0 Å². The predicted octanol–water partition coefficient (Wildman–Crippen LogP) is 6.18. The molecule has 3 saturated carbocycles. The number of alkyl halides is 3. The fourth-order valence-corrected chi connectivity index (χ4v) is 9.43. The molecule has 0 radical (unpaired) electrons. The molecular formula is C29H35ClF3NO5S. The number of hydrogen-bond donors (Lipinski definition) is 1. The van der Waals surface area contributed by atoms with E-state index in [1.807, 2.05) is 6.92 Å². The third-order valence-corrected chi connectivity index (χ3v) is 11.1. The molecule has 0 bridgehead atoms. The summed E-state index contributed by atoms with van der Waals surface area (Å²) in [4.78, 5) is 32.6. The molecule has 0 aromatic carbocycles. The number of ketones is 1. The van der Waals surface area contributed by atoms with Crippen LogP contribution in [0.5, 0.6) is 0 Å². The summed E-state index contributed by atoms with van der Waals surface area (Å²) in [5, 5.41) is 12.8. The number of rotatable bonds is 7. The molecule has 3 fully saturated rings. The molecule has 0 spiro atoms. The van der Waals surface area contributed by atoms with E-state index in [4.69, 9.17) is 20.9 Å². The fourth-order valence-electron chi connectivity index (χ4n) is 8.51. The zero-order valence-electron chi connectivity index (χ0n) is 23.0. The zero-order valence-corrected chi connectivity index (χ0v) is 24.5. The first-order chi connectivity index (χ1) is 18.8. The third kappa shape index (κ3) is 4.03. The highest BCUT2D eigenvalue weighted by atomic mass is 35.5. The van der Waals surface area contributed by atoms with Gasteiger partial charge in [-0.3, -0.25) is 14.4 Å². The summed E-state index contributed by atoms with van der Waals surface area (Å²) in [5.74, 6) is -1.94. The largest absolute Gasteiger partial charge is 0.448 e. The van der Waals surface area contributed by atoms with Gasteiger partial charge in [0.05, 0.1) is 12.6 Å². The van der Waals surface area contributed by atoms with Crippen LogP contribution in [0.3, 0.4) is 0 Å². The van der Waals surface area contributed by atoms with Crippen LogP contribution in [0.1, 0.15) is 52.2 Å². The summed E-state index contributed by atoms with van der Waals surface area (Å²) >= 11 is 6.41. The molecule has 4 aliphatic rings. The standard InChI is InChI=1S/C29H35ClF3NO5S/c1-5-16-10-19-20-12-22(32)21-11-17(35)8-9-26(21,2)28(20,33)23(36)13-27(19,3)29(16,25(37)40-15-31)39-34(4)14-18-6-7-24(30)38-18/h6-9,11,16,19-20,22-23,36H,5,10,12-15H2,1-4H3/t16-,19+,20+,22+,23+,26+,27+,28+,29+/m1/s1. The van der Waals surface area contributed by atoms with E-state index in [1.165, 1.54) is 24.1 Å². The number of furan rings is 1. The summed E-state index contributed by atoms with van der Waals surface area (Å²) in [6.07, 6.45) is 0.954. The van der Waals surface area contributed by atoms with E-state index in [-0.39, 0.29) is 30.2 Å². The molecule has 0 saturated heterocycles. The molecule has 40 heavy (non-hydrogen) atoms. The Labute approximate surface area is 241 Å². The first-order valence-corrected chi connectivity index (χ1v) is 15.0. The average Bonchev–Trinajstić information content (AvgIpc) is 3.40. The molecular weight excluding hydrogens is 567 g/mol. The van der Waals surface area contributed by atoms with Crippen molar-refractivity contribution < 1.29 is 37.1 Å². The van der Waals surface area contributed by atoms with Gasteiger partial charge in [0.2, 0.25) is 5.12 Å². The molecule has 1 aromatic heterocycles. The van der Waals surface area contributed by atoms with Crippen LogP contribution in [0.25, 0.3) is 0 Å². The molecule has 220 valence electrons. The lowest BCUT2D eigenvalue weighted by molar-refractivity contribution is -0.293. The predicted molar refractivity (Wildman–Crippen MR) is 145 cm³/mol. The molecule has 9 atom stereocenters. The zero-order chi connectivity index (χ0) is 29.3. The van der Waals surface area contributed by atoms with Crippen LogP contribution in [0.4, 0.5) is 13.2 Å². The van der Waals surface area contributed by atoms with Gasteiger partial charge in [-0.2, -0.15) is 5.06 Å². The highest BCUT2D eigenvalue weighted by molar-refractivity contribution is 8.13. The van der Waals surface area contributed by atoms with E-state index in [0.29, 0.717) is 30.4 Å². The Bertz CT molecular complexity index is 1260. The maximum absolute atomic E-state index is 17.6. The molecule has 6 nitrogen and oxygen atoms in total. The molecule has 0 unspecified atom stereocenters. The van der Waals surface area contributed by atoms with Crippen molar-refractivity contribution in [3.8, 4) is 0 Å². The van der Waals surface area contributed by atoms with Gasteiger partial charge in [0, 0.05) is 23.8 Å². The van der Waals surface area contributed by atoms with E-state index >= 15 is 8.78 Å². The van der Waals surface area contributed by atoms with Crippen molar-refractivity contribution in [1.82, 2.24) is 5.06 Å². The van der Waals surface area contributed by atoms with Gasteiger partial charge in [0.15, 0.2) is 22.3 Å². The Morgan fingerprint density at radius 2 is 2.02 bits per heavy atom. The fraction of sp³-hybridized carbons (Fsp3) is 0.655. The normalized spacial score (nSPS) is 42.4. The Hall–Kier alpha value is -1.59. The van der Waals surface area contributed by atoms with Crippen LogP contribution in [-0.2, 0) is 21.0 Å². The van der Waals surface area contributed by atoms with Gasteiger partial charge < -0.3 is 9.52 Å². The highest BCUT2D eigenvalue weighted by Crippen LogP contribution is 2.72. The Morgan fingerprint density at radius 1 is 1.30 bits per heavy atom. The van der Waals surface area contributed by atoms with Crippen molar-refractivity contribution in [1.29, 1.82) is 0 Å². The average molecular weight is 602 g/mol. The molecule has 0 amide bonds. The molecule has 4 aliphatic carbocycles. The number of carbonyl (C=O) groups is 2. The van der Waals surface area contributed by atoms with Gasteiger partial charge in [0.1, 0.15) is 17.9 Å². The monoisotopic (exact) mass is 601 g/mol. The van der Waals surface area contributed by atoms with Crippen molar-refractivity contribution >= 4 is 34.3 Å². The lowest BCUT2D eigenvalue weighted by Gasteiger charge is -2.63. The van der Waals surface area contributed by atoms with Crippen molar-refractivity contribution in [2.75, 3.05) is 13.1 Å². The van der Waals surface area contributed by atoms with Crippen molar-refractivity contribution in [2.24, 2.45) is 28.6 Å². The van der Waals surface area contributed by atoms with Gasteiger partial charge in [-0.1, -0.05) is 31.7 Å². The van der Waals surface area contributed by atoms with Gasteiger partial charge in [-0.25, -0.2) is 13.2 Å². The molecule has 5 rings (SSSR count). The van der Waals surface area contributed by atoms with Crippen LogP contribution < -0.4 is 0 Å². The number of halogens is 4. The molecule has 1 aromatic rings.